The molecule has 1 aromatic carbocycles. The number of rotatable bonds is 1. The zero-order chi connectivity index (χ0) is 11.1. The summed E-state index contributed by atoms with van der Waals surface area (Å²) in [5, 5.41) is 0.661. The molecule has 89 valence electrons. The Balaban J connectivity index is 0.00000108. The number of aryl methyl sites for hydroxylation is 2. The van der Waals surface area contributed by atoms with Gasteiger partial charge in [-0.25, -0.2) is 4.98 Å². The number of anilines is 1. The largest absolute Gasteiger partial charge is 2.00 e. The van der Waals surface area contributed by atoms with E-state index in [1.807, 2.05) is 6.07 Å². The maximum absolute atomic E-state index is 5.75. The molecule has 0 spiro atoms. The van der Waals surface area contributed by atoms with E-state index < -0.39 is 0 Å². The van der Waals surface area contributed by atoms with Crippen LogP contribution in [0.3, 0.4) is 0 Å². The summed E-state index contributed by atoms with van der Waals surface area (Å²) < 4.78 is 5.23. The van der Waals surface area contributed by atoms with Crippen molar-refractivity contribution in [3.8, 4) is 17.0 Å². The van der Waals surface area contributed by atoms with Crippen LogP contribution in [0.1, 0.15) is 10.4 Å². The van der Waals surface area contributed by atoms with Gasteiger partial charge in [-0.2, -0.15) is 0 Å². The first-order valence-corrected chi connectivity index (χ1v) is 6.02. The van der Waals surface area contributed by atoms with Gasteiger partial charge in [-0.3, -0.25) is 0 Å². The average molecular weight is 291 g/mol. The van der Waals surface area contributed by atoms with Crippen molar-refractivity contribution in [1.82, 2.24) is 4.98 Å². The van der Waals surface area contributed by atoms with E-state index in [0.29, 0.717) is 5.13 Å². The Morgan fingerprint density at radius 1 is 1.35 bits per heavy atom. The topological polar surface area (TPSA) is 48.1 Å². The second-order valence-corrected chi connectivity index (χ2v) is 4.96. The Morgan fingerprint density at radius 2 is 2.18 bits per heavy atom. The van der Waals surface area contributed by atoms with E-state index in [4.69, 9.17) is 10.5 Å². The van der Waals surface area contributed by atoms with E-state index in [-0.39, 0.29) is 16.8 Å². The fourth-order valence-electron chi connectivity index (χ4n) is 2.13. The number of hydrogen-bond acceptors (Lipinski definition) is 4. The molecule has 1 aromatic heterocycles. The van der Waals surface area contributed by atoms with Crippen LogP contribution >= 0.6 is 11.3 Å². The van der Waals surface area contributed by atoms with Crippen LogP contribution in [0.4, 0.5) is 5.13 Å². The molecule has 0 aliphatic heterocycles. The summed E-state index contributed by atoms with van der Waals surface area (Å²) in [6.07, 6.45) is 2.07. The van der Waals surface area contributed by atoms with E-state index in [9.17, 15) is 0 Å². The predicted octanol–water partition coefficient (Wildman–Crippen LogP) is 2.50. The Morgan fingerprint density at radius 3 is 2.94 bits per heavy atom. The first-order valence-electron chi connectivity index (χ1n) is 5.20. The monoisotopic (exact) mass is 291 g/mol. The van der Waals surface area contributed by atoms with Crippen LogP contribution < -0.4 is 10.5 Å². The minimum absolute atomic E-state index is 0. The minimum Gasteiger partial charge on any atom is -0.497 e. The number of nitrogen functional groups attached to an aromatic ring is 1. The van der Waals surface area contributed by atoms with E-state index >= 15 is 0 Å². The van der Waals surface area contributed by atoms with Gasteiger partial charge >= 0.3 is 16.8 Å². The van der Waals surface area contributed by atoms with Crippen molar-refractivity contribution in [2.75, 3.05) is 12.8 Å². The van der Waals surface area contributed by atoms with Gasteiger partial charge in [0.1, 0.15) is 5.75 Å². The zero-order valence-corrected chi connectivity index (χ0v) is 11.2. The number of methoxy groups -OCH3 is 1. The number of benzene rings is 1. The van der Waals surface area contributed by atoms with Gasteiger partial charge in [0, 0.05) is 10.4 Å². The number of fused-ring (bicyclic) bond motifs is 3. The molecule has 3 nitrogen and oxygen atoms in total. The van der Waals surface area contributed by atoms with Crippen LogP contribution in [0.15, 0.2) is 18.2 Å². The van der Waals surface area contributed by atoms with Crippen molar-refractivity contribution in [1.29, 1.82) is 0 Å². The molecular weight excluding hydrogens is 279 g/mol. The Hall–Kier alpha value is -1.04. The summed E-state index contributed by atoms with van der Waals surface area (Å²) >= 11 is 1.60. The first kappa shape index (κ1) is 12.4. The van der Waals surface area contributed by atoms with E-state index in [1.165, 1.54) is 16.0 Å². The second kappa shape index (κ2) is 4.68. The molecule has 1 aliphatic carbocycles. The van der Waals surface area contributed by atoms with Gasteiger partial charge in [0.15, 0.2) is 5.13 Å². The molecule has 2 N–H and O–H groups in total. The van der Waals surface area contributed by atoms with Crippen LogP contribution in [0.25, 0.3) is 11.3 Å². The van der Waals surface area contributed by atoms with Crippen molar-refractivity contribution in [2.45, 2.75) is 12.8 Å². The maximum Gasteiger partial charge on any atom is 2.00 e. The van der Waals surface area contributed by atoms with Gasteiger partial charge in [0.2, 0.25) is 0 Å². The smallest absolute Gasteiger partial charge is 0.497 e. The fourth-order valence-corrected chi connectivity index (χ4v) is 2.98. The van der Waals surface area contributed by atoms with E-state index in [1.54, 1.807) is 18.4 Å². The Kier molecular flexibility index (Phi) is 3.42. The number of thiazole rings is 1. The number of nitrogens with two attached hydrogens (primary N) is 1. The number of nitrogens with zero attached hydrogens (tertiary/aromatic N) is 1. The Labute approximate surface area is 114 Å². The van der Waals surface area contributed by atoms with Crippen LogP contribution in [-0.4, -0.2) is 12.1 Å². The molecule has 1 heterocycles. The first-order chi connectivity index (χ1) is 7.78. The second-order valence-electron chi connectivity index (χ2n) is 3.85. The third kappa shape index (κ3) is 2.05. The van der Waals surface area contributed by atoms with Gasteiger partial charge < -0.3 is 10.5 Å². The van der Waals surface area contributed by atoms with Crippen molar-refractivity contribution < 1.29 is 21.5 Å². The van der Waals surface area contributed by atoms with Gasteiger partial charge in [0.25, 0.3) is 0 Å². The fraction of sp³-hybridized carbons (Fsp3) is 0.250. The molecule has 0 fully saturated rings. The molecule has 0 saturated carbocycles. The zero-order valence-electron chi connectivity index (χ0n) is 9.32. The molecular formula is C12H12CoN2OS+2. The summed E-state index contributed by atoms with van der Waals surface area (Å²) in [7, 11) is 1.69. The van der Waals surface area contributed by atoms with E-state index in [0.717, 1.165) is 24.3 Å². The molecule has 1 aliphatic rings. The molecule has 5 heteroatoms. The van der Waals surface area contributed by atoms with Crippen molar-refractivity contribution in [2.24, 2.45) is 0 Å². The van der Waals surface area contributed by atoms with Crippen LogP contribution in [0.2, 0.25) is 0 Å². The number of aromatic nitrogens is 1. The maximum atomic E-state index is 5.75. The summed E-state index contributed by atoms with van der Waals surface area (Å²) in [5.74, 6) is 0.908. The van der Waals surface area contributed by atoms with Crippen LogP contribution in [0, 0.1) is 0 Å². The van der Waals surface area contributed by atoms with Gasteiger partial charge in [-0.1, -0.05) is 0 Å². The van der Waals surface area contributed by atoms with Gasteiger partial charge in [-0.05, 0) is 36.6 Å². The summed E-state index contributed by atoms with van der Waals surface area (Å²) in [6.45, 7) is 0. The molecule has 0 saturated heterocycles. The van der Waals surface area contributed by atoms with Crippen LogP contribution in [-0.2, 0) is 29.6 Å². The summed E-state index contributed by atoms with van der Waals surface area (Å²) in [5.41, 5.74) is 9.32. The predicted molar refractivity (Wildman–Crippen MR) is 65.9 cm³/mol. The third-order valence-electron chi connectivity index (χ3n) is 2.90. The van der Waals surface area contributed by atoms with Gasteiger partial charge in [-0.15, -0.1) is 11.3 Å². The normalized spacial score (nSPS) is 12.3. The number of hydrogen-bond donors (Lipinski definition) is 1. The molecule has 17 heavy (non-hydrogen) atoms. The Bertz CT molecular complexity index is 553. The molecule has 0 unspecified atom stereocenters. The molecule has 2 aromatic rings. The van der Waals surface area contributed by atoms with Crippen molar-refractivity contribution in [3.63, 3.8) is 0 Å². The summed E-state index contributed by atoms with van der Waals surface area (Å²) in [6, 6.07) is 6.14. The van der Waals surface area contributed by atoms with Crippen LogP contribution in [0.5, 0.6) is 5.75 Å². The standard InChI is InChI=1S/C12H12N2OS.Co/c1-15-8-3-4-9-7(6-8)2-5-10-11(9)14-12(13)16-10;/h3-4,6H,2,5H2,1H3,(H2,13,14);/q;+2. The number of ether oxygens (including phenoxy) is 1. The molecule has 0 atom stereocenters. The molecule has 0 bridgehead atoms. The van der Waals surface area contributed by atoms with E-state index in [2.05, 4.69) is 17.1 Å². The minimum atomic E-state index is 0. The summed E-state index contributed by atoms with van der Waals surface area (Å²) in [4.78, 5) is 5.70. The SMILES string of the molecule is COc1ccc2c(c1)CCc1sc(N)nc1-2.[Co+2]. The quantitative estimate of drug-likeness (QED) is 0.878. The average Bonchev–Trinajstić information content (AvgIpc) is 2.69. The van der Waals surface area contributed by atoms with Crippen molar-refractivity contribution >= 4 is 16.5 Å². The molecule has 3 rings (SSSR count). The van der Waals surface area contributed by atoms with Gasteiger partial charge in [0.05, 0.1) is 12.8 Å². The van der Waals surface area contributed by atoms with Crippen molar-refractivity contribution in [3.05, 3.63) is 28.6 Å². The third-order valence-corrected chi connectivity index (χ3v) is 3.85. The molecule has 1 radical (unpaired) electrons. The molecule has 0 amide bonds.